The van der Waals surface area contributed by atoms with Crippen molar-refractivity contribution in [2.75, 3.05) is 27.2 Å². The van der Waals surface area contributed by atoms with Crippen LogP contribution < -0.4 is 5.73 Å². The number of nitrogens with zero attached hydrogens (tertiary/aromatic N) is 2. The van der Waals surface area contributed by atoms with Gasteiger partial charge in [-0.05, 0) is 76.0 Å². The van der Waals surface area contributed by atoms with Crippen LogP contribution in [0, 0.1) is 11.8 Å². The smallest absolute Gasteiger partial charge is 0.255 e. The average Bonchev–Trinajstić information content (AvgIpc) is 3.32. The lowest BCUT2D eigenvalue weighted by molar-refractivity contribution is -0.153. The second kappa shape index (κ2) is 10.9. The van der Waals surface area contributed by atoms with E-state index in [-0.39, 0.29) is 54.5 Å². The highest BCUT2D eigenvalue weighted by Gasteiger charge is 2.64. The molecule has 1 aromatic carbocycles. The Bertz CT molecular complexity index is 1310. The Labute approximate surface area is 242 Å². The summed E-state index contributed by atoms with van der Waals surface area (Å²) in [7, 11) is 3.12. The number of likely N-dealkylation sites (tertiary alicyclic amines) is 1. The van der Waals surface area contributed by atoms with E-state index >= 15 is 0 Å². The number of phenolic OH excluding ortho intramolecular Hbond substituents is 1. The van der Waals surface area contributed by atoms with E-state index in [1.807, 2.05) is 0 Å². The third-order valence-electron chi connectivity index (χ3n) is 8.32. The highest BCUT2D eigenvalue weighted by atomic mass is 35.5. The second-order valence-electron chi connectivity index (χ2n) is 10.7. The van der Waals surface area contributed by atoms with Gasteiger partial charge in [-0.25, -0.2) is 0 Å². The Kier molecular flexibility index (Phi) is 8.73. The van der Waals surface area contributed by atoms with Gasteiger partial charge in [-0.2, -0.15) is 0 Å². The molecule has 10 nitrogen and oxygen atoms in total. The number of aliphatic hydroxyl groups is 3. The van der Waals surface area contributed by atoms with Gasteiger partial charge < -0.3 is 26.2 Å². The van der Waals surface area contributed by atoms with E-state index in [1.54, 1.807) is 14.1 Å². The van der Waals surface area contributed by atoms with Crippen LogP contribution >= 0.6 is 36.4 Å². The number of benzene rings is 1. The number of fused-ring (bicyclic) bond motifs is 3. The number of amides is 1. The van der Waals surface area contributed by atoms with Crippen molar-refractivity contribution in [2.24, 2.45) is 17.6 Å². The molecule has 1 aliphatic heterocycles. The Hall–Kier alpha value is -2.34. The van der Waals surface area contributed by atoms with E-state index in [1.165, 1.54) is 11.0 Å². The topological polar surface area (TPSA) is 165 Å². The van der Waals surface area contributed by atoms with E-state index in [0.717, 1.165) is 25.9 Å². The molecule has 3 aliphatic carbocycles. The molecule has 0 radical (unpaired) electrons. The second-order valence-corrected chi connectivity index (χ2v) is 11.0. The van der Waals surface area contributed by atoms with Crippen LogP contribution in [0.3, 0.4) is 0 Å². The third-order valence-corrected chi connectivity index (χ3v) is 8.79. The standard InChI is InChI=1S/C26H30ClN3O7.2ClH/c1-29(2)20-14-8-11-7-13-17(15(31)9-12(19(13)27)10-30-5-3-4-6-30)21(32)16(11)23(34)26(14,37)24(35)18(22(20)33)25(28)36;;/h9,11,14,20,31-32,35,37H,3-8,10H2,1-2H3,(H2,28,36);2*1H/t11-,14-,20-,26-;;/m0../s1. The summed E-state index contributed by atoms with van der Waals surface area (Å²) in [6.07, 6.45) is 2.37. The molecule has 4 atom stereocenters. The minimum Gasteiger partial charge on any atom is -0.508 e. The number of primary amides is 1. The zero-order valence-electron chi connectivity index (χ0n) is 21.4. The van der Waals surface area contributed by atoms with E-state index in [9.17, 15) is 34.8 Å². The minimum absolute atomic E-state index is 0. The Morgan fingerprint density at radius 3 is 2.36 bits per heavy atom. The number of halogens is 3. The van der Waals surface area contributed by atoms with Gasteiger partial charge in [0.05, 0.1) is 11.6 Å². The normalized spacial score (nSPS) is 28.5. The fraction of sp³-hybridized carbons (Fsp3) is 0.500. The van der Waals surface area contributed by atoms with Gasteiger partial charge in [0.15, 0.2) is 11.4 Å². The van der Waals surface area contributed by atoms with E-state index in [0.29, 0.717) is 22.7 Å². The zero-order chi connectivity index (χ0) is 27.0. The van der Waals surface area contributed by atoms with Crippen molar-refractivity contribution < 1.29 is 34.8 Å². The van der Waals surface area contributed by atoms with Crippen molar-refractivity contribution >= 4 is 59.6 Å². The molecule has 0 bridgehead atoms. The first-order chi connectivity index (χ1) is 17.4. The van der Waals surface area contributed by atoms with Crippen LogP contribution in [-0.2, 0) is 27.3 Å². The molecule has 0 aromatic heterocycles. The van der Waals surface area contributed by atoms with Crippen molar-refractivity contribution in [3.8, 4) is 5.75 Å². The van der Waals surface area contributed by atoms with Crippen molar-refractivity contribution in [1.29, 1.82) is 0 Å². The molecule has 214 valence electrons. The minimum atomic E-state index is -2.65. The lowest BCUT2D eigenvalue weighted by Crippen LogP contribution is -2.65. The first kappa shape index (κ1) is 31.2. The molecule has 1 saturated carbocycles. The number of carbonyl (C=O) groups excluding carboxylic acids is 3. The number of nitrogens with two attached hydrogens (primary N) is 1. The molecule has 13 heteroatoms. The first-order valence-corrected chi connectivity index (χ1v) is 12.7. The number of carbonyl (C=O) groups is 3. The molecule has 39 heavy (non-hydrogen) atoms. The monoisotopic (exact) mass is 603 g/mol. The molecule has 5 rings (SSSR count). The predicted octanol–water partition coefficient (Wildman–Crippen LogP) is 2.06. The summed E-state index contributed by atoms with van der Waals surface area (Å²) < 4.78 is 0. The number of likely N-dealkylation sites (N-methyl/N-ethyl adjacent to an activating group) is 1. The van der Waals surface area contributed by atoms with Crippen LogP contribution in [-0.4, -0.2) is 86.5 Å². The fourth-order valence-corrected chi connectivity index (χ4v) is 6.93. The van der Waals surface area contributed by atoms with E-state index in [2.05, 4.69) is 4.90 Å². The maximum Gasteiger partial charge on any atom is 0.255 e. The lowest BCUT2D eigenvalue weighted by Gasteiger charge is -2.50. The molecular formula is C26H32Cl3N3O7. The Morgan fingerprint density at radius 2 is 1.79 bits per heavy atom. The van der Waals surface area contributed by atoms with Gasteiger partial charge in [-0.1, -0.05) is 11.6 Å². The van der Waals surface area contributed by atoms with Gasteiger partial charge in [0, 0.05) is 23.1 Å². The maximum atomic E-state index is 13.8. The molecule has 2 fully saturated rings. The fourth-order valence-electron chi connectivity index (χ4n) is 6.64. The predicted molar refractivity (Wildman–Crippen MR) is 148 cm³/mol. The molecule has 6 N–H and O–H groups in total. The van der Waals surface area contributed by atoms with Crippen LogP contribution in [0.25, 0.3) is 5.76 Å². The molecule has 4 aliphatic rings. The number of phenols is 1. The van der Waals surface area contributed by atoms with Crippen molar-refractivity contribution in [3.63, 3.8) is 0 Å². The van der Waals surface area contributed by atoms with Crippen LogP contribution in [0.2, 0.25) is 5.02 Å². The summed E-state index contributed by atoms with van der Waals surface area (Å²) in [4.78, 5) is 42.7. The Morgan fingerprint density at radius 1 is 1.18 bits per heavy atom. The van der Waals surface area contributed by atoms with Crippen molar-refractivity contribution in [1.82, 2.24) is 9.80 Å². The zero-order valence-corrected chi connectivity index (χ0v) is 23.8. The number of Topliss-reactive ketones (excluding diaryl/α,β-unsaturated/α-hetero) is 2. The van der Waals surface area contributed by atoms with E-state index < -0.39 is 58.0 Å². The van der Waals surface area contributed by atoms with Gasteiger partial charge >= 0.3 is 0 Å². The quantitative estimate of drug-likeness (QED) is 0.324. The van der Waals surface area contributed by atoms with Crippen molar-refractivity contribution in [2.45, 2.75) is 43.9 Å². The number of aliphatic hydroxyl groups excluding tert-OH is 2. The number of rotatable bonds is 4. The van der Waals surface area contributed by atoms with Gasteiger partial charge in [-0.3, -0.25) is 24.2 Å². The summed E-state index contributed by atoms with van der Waals surface area (Å²) in [5.74, 6) is -6.75. The third kappa shape index (κ3) is 4.51. The summed E-state index contributed by atoms with van der Waals surface area (Å²) >= 11 is 6.79. The van der Waals surface area contributed by atoms with Crippen molar-refractivity contribution in [3.05, 3.63) is 44.7 Å². The molecular weight excluding hydrogens is 573 g/mol. The number of ketones is 2. The summed E-state index contributed by atoms with van der Waals surface area (Å²) in [6, 6.07) is 0.355. The average molecular weight is 605 g/mol. The maximum absolute atomic E-state index is 13.8. The first-order valence-electron chi connectivity index (χ1n) is 12.3. The lowest BCUT2D eigenvalue weighted by atomic mass is 9.57. The summed E-state index contributed by atoms with van der Waals surface area (Å²) in [5.41, 5.74) is 2.86. The molecule has 0 spiro atoms. The molecule has 1 heterocycles. The summed E-state index contributed by atoms with van der Waals surface area (Å²) in [5, 5.41) is 45.0. The van der Waals surface area contributed by atoms with Crippen LogP contribution in [0.5, 0.6) is 5.75 Å². The Balaban J connectivity index is 0.00000210. The number of aromatic hydroxyl groups is 1. The largest absolute Gasteiger partial charge is 0.508 e. The SMILES string of the molecule is CN(C)[C@@H]1C(=O)C(C(N)=O)=C(O)[C@@]2(O)C(=O)C3=C(O)c4c(O)cc(CN5CCCC5)c(Cl)c4C[C@H]3C[C@@H]12.Cl.Cl. The highest BCUT2D eigenvalue weighted by molar-refractivity contribution is 6.32. The van der Waals surface area contributed by atoms with E-state index in [4.69, 9.17) is 17.3 Å². The number of hydrogen-bond acceptors (Lipinski definition) is 9. The van der Waals surface area contributed by atoms with Crippen LogP contribution in [0.1, 0.15) is 36.0 Å². The summed E-state index contributed by atoms with van der Waals surface area (Å²) in [6.45, 7) is 2.38. The molecule has 1 aromatic rings. The van der Waals surface area contributed by atoms with Gasteiger partial charge in [-0.15, -0.1) is 24.8 Å². The molecule has 0 unspecified atom stereocenters. The van der Waals surface area contributed by atoms with Gasteiger partial charge in [0.1, 0.15) is 22.8 Å². The van der Waals surface area contributed by atoms with Gasteiger partial charge in [0.2, 0.25) is 5.78 Å². The van der Waals surface area contributed by atoms with Crippen LogP contribution in [0.15, 0.2) is 23.0 Å². The van der Waals surface area contributed by atoms with Gasteiger partial charge in [0.25, 0.3) is 5.91 Å². The molecule has 1 saturated heterocycles. The molecule has 1 amide bonds. The van der Waals surface area contributed by atoms with Crippen LogP contribution in [0.4, 0.5) is 0 Å². The number of hydrogen-bond donors (Lipinski definition) is 5. The highest BCUT2D eigenvalue weighted by Crippen LogP contribution is 2.53.